The van der Waals surface area contributed by atoms with E-state index in [2.05, 4.69) is 10.1 Å². The van der Waals surface area contributed by atoms with E-state index >= 15 is 0 Å². The lowest BCUT2D eigenvalue weighted by Crippen LogP contribution is -2.23. The van der Waals surface area contributed by atoms with Gasteiger partial charge in [0.1, 0.15) is 6.10 Å². The minimum Gasteiger partial charge on any atom is -0.392 e. The van der Waals surface area contributed by atoms with E-state index < -0.39 is 6.10 Å². The van der Waals surface area contributed by atoms with Gasteiger partial charge in [0.25, 0.3) is 0 Å². The molecule has 0 radical (unpaired) electrons. The Labute approximate surface area is 99.9 Å². The molecular formula is C11H18N2O4. The van der Waals surface area contributed by atoms with E-state index in [0.29, 0.717) is 38.0 Å². The third kappa shape index (κ3) is 2.83. The minimum atomic E-state index is -0.466. The van der Waals surface area contributed by atoms with Crippen LogP contribution in [0.5, 0.6) is 0 Å². The highest BCUT2D eigenvalue weighted by atomic mass is 16.6. The lowest BCUT2D eigenvalue weighted by atomic mass is 10.0. The van der Waals surface area contributed by atoms with Crippen molar-refractivity contribution in [1.29, 1.82) is 0 Å². The third-order valence-electron chi connectivity index (χ3n) is 2.95. The molecule has 1 fully saturated rings. The molecule has 0 aliphatic carbocycles. The second-order valence-corrected chi connectivity index (χ2v) is 4.19. The van der Waals surface area contributed by atoms with Gasteiger partial charge in [-0.15, -0.1) is 0 Å². The van der Waals surface area contributed by atoms with E-state index in [4.69, 9.17) is 14.0 Å². The Hall–Kier alpha value is -0.980. The third-order valence-corrected chi connectivity index (χ3v) is 2.95. The molecule has 0 amide bonds. The van der Waals surface area contributed by atoms with Crippen molar-refractivity contribution < 1.29 is 19.1 Å². The SMILES string of the molecule is CCC(O)C(C)c1nc(C2COCCO2)no1. The van der Waals surface area contributed by atoms with Crippen molar-refractivity contribution >= 4 is 0 Å². The normalized spacial score (nSPS) is 24.5. The number of hydrogen-bond acceptors (Lipinski definition) is 6. The first-order valence-corrected chi connectivity index (χ1v) is 5.93. The largest absolute Gasteiger partial charge is 0.392 e. The summed E-state index contributed by atoms with van der Waals surface area (Å²) < 4.78 is 15.9. The molecule has 2 heterocycles. The Morgan fingerprint density at radius 1 is 1.47 bits per heavy atom. The first kappa shape index (κ1) is 12.5. The zero-order chi connectivity index (χ0) is 12.3. The molecule has 1 N–H and O–H groups in total. The van der Waals surface area contributed by atoms with Gasteiger partial charge >= 0.3 is 0 Å². The van der Waals surface area contributed by atoms with Crippen LogP contribution in [-0.2, 0) is 9.47 Å². The summed E-state index contributed by atoms with van der Waals surface area (Å²) >= 11 is 0. The van der Waals surface area contributed by atoms with Crippen molar-refractivity contribution in [2.75, 3.05) is 19.8 Å². The first-order valence-electron chi connectivity index (χ1n) is 5.93. The zero-order valence-corrected chi connectivity index (χ0v) is 10.1. The molecule has 3 atom stereocenters. The number of aliphatic hydroxyl groups excluding tert-OH is 1. The van der Waals surface area contributed by atoms with E-state index in [9.17, 15) is 5.11 Å². The fourth-order valence-corrected chi connectivity index (χ4v) is 1.72. The van der Waals surface area contributed by atoms with Crippen LogP contribution in [0.4, 0.5) is 0 Å². The van der Waals surface area contributed by atoms with Crippen molar-refractivity contribution in [2.45, 2.75) is 38.4 Å². The van der Waals surface area contributed by atoms with E-state index in [1.54, 1.807) is 0 Å². The number of ether oxygens (including phenoxy) is 2. The Balaban J connectivity index is 2.04. The predicted octanol–water partition coefficient (Wildman–Crippen LogP) is 1.03. The second kappa shape index (κ2) is 5.57. The van der Waals surface area contributed by atoms with Crippen LogP contribution in [0.25, 0.3) is 0 Å². The Bertz CT molecular complexity index is 332. The van der Waals surface area contributed by atoms with Crippen LogP contribution in [0.1, 0.15) is 44.0 Å². The lowest BCUT2D eigenvalue weighted by molar-refractivity contribution is -0.0941. The Morgan fingerprint density at radius 3 is 2.94 bits per heavy atom. The number of aromatic nitrogens is 2. The standard InChI is InChI=1S/C11H18N2O4/c1-3-8(14)7(2)11-12-10(13-17-11)9-6-15-4-5-16-9/h7-9,14H,3-6H2,1-2H3. The van der Waals surface area contributed by atoms with Crippen LogP contribution in [0.3, 0.4) is 0 Å². The van der Waals surface area contributed by atoms with Gasteiger partial charge in [0.2, 0.25) is 11.7 Å². The van der Waals surface area contributed by atoms with Crippen LogP contribution in [0, 0.1) is 0 Å². The summed E-state index contributed by atoms with van der Waals surface area (Å²) in [5, 5.41) is 13.6. The molecular weight excluding hydrogens is 224 g/mol. The van der Waals surface area contributed by atoms with Gasteiger partial charge in [0.15, 0.2) is 0 Å². The summed E-state index contributed by atoms with van der Waals surface area (Å²) in [5.41, 5.74) is 0. The van der Waals surface area contributed by atoms with E-state index in [1.807, 2.05) is 13.8 Å². The second-order valence-electron chi connectivity index (χ2n) is 4.19. The molecule has 1 aromatic rings. The average molecular weight is 242 g/mol. The molecule has 1 aliphatic rings. The van der Waals surface area contributed by atoms with Crippen molar-refractivity contribution in [3.05, 3.63) is 11.7 Å². The van der Waals surface area contributed by atoms with Crippen molar-refractivity contribution in [3.63, 3.8) is 0 Å². The number of hydrogen-bond donors (Lipinski definition) is 1. The maximum atomic E-state index is 9.72. The maximum Gasteiger partial charge on any atom is 0.232 e. The highest BCUT2D eigenvalue weighted by Gasteiger charge is 2.26. The molecule has 0 aromatic carbocycles. The van der Waals surface area contributed by atoms with Gasteiger partial charge in [-0.05, 0) is 6.42 Å². The smallest absolute Gasteiger partial charge is 0.232 e. The monoisotopic (exact) mass is 242 g/mol. The quantitative estimate of drug-likeness (QED) is 0.849. The molecule has 1 aromatic heterocycles. The van der Waals surface area contributed by atoms with Gasteiger partial charge in [0, 0.05) is 0 Å². The summed E-state index contributed by atoms with van der Waals surface area (Å²) in [4.78, 5) is 4.26. The van der Waals surface area contributed by atoms with Gasteiger partial charge in [-0.3, -0.25) is 0 Å². The Morgan fingerprint density at radius 2 is 2.29 bits per heavy atom. The molecule has 1 saturated heterocycles. The van der Waals surface area contributed by atoms with Gasteiger partial charge in [0.05, 0.1) is 31.8 Å². The molecule has 2 rings (SSSR count). The van der Waals surface area contributed by atoms with Crippen molar-refractivity contribution in [3.8, 4) is 0 Å². The topological polar surface area (TPSA) is 77.6 Å². The van der Waals surface area contributed by atoms with Crippen molar-refractivity contribution in [1.82, 2.24) is 10.1 Å². The fourth-order valence-electron chi connectivity index (χ4n) is 1.72. The summed E-state index contributed by atoms with van der Waals surface area (Å²) in [7, 11) is 0. The summed E-state index contributed by atoms with van der Waals surface area (Å²) in [6.45, 7) is 5.37. The number of nitrogens with zero attached hydrogens (tertiary/aromatic N) is 2. The van der Waals surface area contributed by atoms with Crippen LogP contribution in [0.2, 0.25) is 0 Å². The van der Waals surface area contributed by atoms with Crippen LogP contribution in [0.15, 0.2) is 4.52 Å². The average Bonchev–Trinajstić information content (AvgIpc) is 2.87. The predicted molar refractivity (Wildman–Crippen MR) is 58.5 cm³/mol. The van der Waals surface area contributed by atoms with Crippen LogP contribution in [-0.4, -0.2) is 41.2 Å². The van der Waals surface area contributed by atoms with Gasteiger partial charge in [-0.1, -0.05) is 19.0 Å². The summed E-state index contributed by atoms with van der Waals surface area (Å²) in [5.74, 6) is 0.782. The van der Waals surface area contributed by atoms with E-state index in [1.165, 1.54) is 0 Å². The molecule has 6 nitrogen and oxygen atoms in total. The van der Waals surface area contributed by atoms with Gasteiger partial charge < -0.3 is 19.1 Å². The van der Waals surface area contributed by atoms with E-state index in [-0.39, 0.29) is 12.0 Å². The van der Waals surface area contributed by atoms with Crippen LogP contribution >= 0.6 is 0 Å². The zero-order valence-electron chi connectivity index (χ0n) is 10.1. The number of aliphatic hydroxyl groups is 1. The number of rotatable bonds is 4. The van der Waals surface area contributed by atoms with Gasteiger partial charge in [-0.25, -0.2) is 0 Å². The summed E-state index contributed by atoms with van der Waals surface area (Å²) in [6, 6.07) is 0. The van der Waals surface area contributed by atoms with E-state index in [0.717, 1.165) is 0 Å². The molecule has 0 saturated carbocycles. The molecule has 17 heavy (non-hydrogen) atoms. The molecule has 3 unspecified atom stereocenters. The minimum absolute atomic E-state index is 0.161. The van der Waals surface area contributed by atoms with Crippen LogP contribution < -0.4 is 0 Å². The molecule has 1 aliphatic heterocycles. The van der Waals surface area contributed by atoms with Crippen molar-refractivity contribution in [2.24, 2.45) is 0 Å². The Kier molecular flexibility index (Phi) is 4.09. The van der Waals surface area contributed by atoms with Gasteiger partial charge in [-0.2, -0.15) is 4.98 Å². The first-order chi connectivity index (χ1) is 8.22. The molecule has 6 heteroatoms. The highest BCUT2D eigenvalue weighted by Crippen LogP contribution is 2.23. The fraction of sp³-hybridized carbons (Fsp3) is 0.818. The maximum absolute atomic E-state index is 9.72. The molecule has 0 bridgehead atoms. The molecule has 96 valence electrons. The summed E-state index contributed by atoms with van der Waals surface area (Å²) in [6.07, 6.45) is -0.0684. The highest BCUT2D eigenvalue weighted by molar-refractivity contribution is 4.98. The lowest BCUT2D eigenvalue weighted by Gasteiger charge is -2.19. The molecule has 0 spiro atoms.